The molecule has 14 heteroatoms. The Kier molecular flexibility index (Phi) is 12.3. The molecule has 1 aliphatic heterocycles. The van der Waals surface area contributed by atoms with E-state index in [1.54, 1.807) is 49.4 Å². The number of amides is 2. The standard InChI is InChI=1S/C37H39ClF2N4O6S/c1-23-21-41-22-28(44(23)51(47,48)30-16-14-29(49-2)15-17-30)13-18-31-32(40)11-6-12-33(31)42-36(45)35(43-37(46)50-3)34(24-7-4-9-26(38)19-24)25-8-5-10-27(39)20-25/h4-12,14-17,19-20,23,28,34-35,41H,13,18,21-22H2,1-3H3,(H,42,45)(H,43,46)/t23-,28-,34?,35?/m0/s1. The van der Waals surface area contributed by atoms with Crippen LogP contribution in [0.2, 0.25) is 5.02 Å². The van der Waals surface area contributed by atoms with Gasteiger partial charge in [-0.1, -0.05) is 41.9 Å². The van der Waals surface area contributed by atoms with Crippen LogP contribution in [-0.4, -0.2) is 70.2 Å². The van der Waals surface area contributed by atoms with E-state index in [4.69, 9.17) is 21.1 Å². The number of carbonyl (C=O) groups is 2. The number of nitrogens with zero attached hydrogens (tertiary/aromatic N) is 1. The van der Waals surface area contributed by atoms with Crippen LogP contribution >= 0.6 is 11.6 Å². The number of hydrogen-bond acceptors (Lipinski definition) is 7. The molecule has 3 N–H and O–H groups in total. The highest BCUT2D eigenvalue weighted by Gasteiger charge is 2.38. The molecule has 4 aromatic rings. The zero-order valence-corrected chi connectivity index (χ0v) is 29.8. The molecule has 0 spiro atoms. The molecule has 10 nitrogen and oxygen atoms in total. The predicted octanol–water partition coefficient (Wildman–Crippen LogP) is 6.11. The number of rotatable bonds is 12. The van der Waals surface area contributed by atoms with Gasteiger partial charge in [-0.2, -0.15) is 4.31 Å². The molecule has 51 heavy (non-hydrogen) atoms. The van der Waals surface area contributed by atoms with Gasteiger partial charge in [-0.3, -0.25) is 4.79 Å². The maximum atomic E-state index is 15.6. The van der Waals surface area contributed by atoms with Gasteiger partial charge >= 0.3 is 6.09 Å². The van der Waals surface area contributed by atoms with Crippen LogP contribution in [0.1, 0.15) is 36.0 Å². The molecule has 270 valence electrons. The average molecular weight is 741 g/mol. The van der Waals surface area contributed by atoms with E-state index in [0.29, 0.717) is 35.0 Å². The third kappa shape index (κ3) is 8.85. The van der Waals surface area contributed by atoms with Gasteiger partial charge < -0.3 is 25.4 Å². The summed E-state index contributed by atoms with van der Waals surface area (Å²) >= 11 is 6.31. The van der Waals surface area contributed by atoms with Gasteiger partial charge in [0.05, 0.1) is 19.1 Å². The lowest BCUT2D eigenvalue weighted by Gasteiger charge is -2.40. The minimum absolute atomic E-state index is 0.0622. The SMILES string of the molecule is COC(=O)NC(C(=O)Nc1cccc(F)c1CC[C@H]1CNC[C@H](C)N1S(=O)(=O)c1ccc(OC)cc1)C(c1cccc(F)c1)c1cccc(Cl)c1. The molecule has 2 unspecified atom stereocenters. The van der Waals surface area contributed by atoms with E-state index >= 15 is 4.39 Å². The number of ether oxygens (including phenoxy) is 2. The molecular weight excluding hydrogens is 702 g/mol. The quantitative estimate of drug-likeness (QED) is 0.160. The van der Waals surface area contributed by atoms with Crippen LogP contribution < -0.4 is 20.7 Å². The van der Waals surface area contributed by atoms with E-state index in [0.717, 1.165) is 7.11 Å². The number of benzene rings is 4. The van der Waals surface area contributed by atoms with Crippen LogP contribution in [-0.2, 0) is 26.0 Å². The number of piperazine rings is 1. The Labute approximate surface area is 301 Å². The van der Waals surface area contributed by atoms with Crippen LogP contribution in [0, 0.1) is 11.6 Å². The van der Waals surface area contributed by atoms with E-state index in [9.17, 15) is 22.4 Å². The van der Waals surface area contributed by atoms with Crippen molar-refractivity contribution in [2.75, 3.05) is 32.6 Å². The van der Waals surface area contributed by atoms with E-state index in [1.165, 1.54) is 59.9 Å². The van der Waals surface area contributed by atoms with Crippen molar-refractivity contribution in [2.24, 2.45) is 0 Å². The predicted molar refractivity (Wildman–Crippen MR) is 191 cm³/mol. The first kappa shape index (κ1) is 37.7. The summed E-state index contributed by atoms with van der Waals surface area (Å²) < 4.78 is 69.3. The van der Waals surface area contributed by atoms with Crippen molar-refractivity contribution >= 4 is 39.3 Å². The molecule has 4 aromatic carbocycles. The van der Waals surface area contributed by atoms with Crippen LogP contribution in [0.3, 0.4) is 0 Å². The van der Waals surface area contributed by atoms with Crippen molar-refractivity contribution in [3.05, 3.63) is 124 Å². The maximum absolute atomic E-state index is 15.6. The molecule has 0 radical (unpaired) electrons. The van der Waals surface area contributed by atoms with Crippen molar-refractivity contribution in [2.45, 2.75) is 48.7 Å². The summed E-state index contributed by atoms with van der Waals surface area (Å²) in [7, 11) is -1.30. The van der Waals surface area contributed by atoms with Crippen molar-refractivity contribution in [1.29, 1.82) is 0 Å². The number of alkyl carbamates (subject to hydrolysis) is 1. The highest BCUT2D eigenvalue weighted by atomic mass is 35.5. The second kappa shape index (κ2) is 16.6. The molecule has 0 aliphatic carbocycles. The van der Waals surface area contributed by atoms with E-state index in [-0.39, 0.29) is 29.0 Å². The summed E-state index contributed by atoms with van der Waals surface area (Å²) in [5.74, 6) is -2.33. The normalized spacial score (nSPS) is 17.6. The monoisotopic (exact) mass is 740 g/mol. The third-order valence-electron chi connectivity index (χ3n) is 8.84. The summed E-state index contributed by atoms with van der Waals surface area (Å²) in [5.41, 5.74) is 1.14. The Hall–Kier alpha value is -4.56. The second-order valence-corrected chi connectivity index (χ2v) is 14.4. The number of nitrogens with one attached hydrogen (secondary N) is 3. The van der Waals surface area contributed by atoms with Crippen molar-refractivity contribution in [3.8, 4) is 5.75 Å². The Morgan fingerprint density at radius 3 is 2.31 bits per heavy atom. The molecule has 0 bridgehead atoms. The Morgan fingerprint density at radius 1 is 0.961 bits per heavy atom. The first-order valence-electron chi connectivity index (χ1n) is 16.2. The molecule has 4 atom stereocenters. The molecule has 1 saturated heterocycles. The summed E-state index contributed by atoms with van der Waals surface area (Å²) in [5, 5.41) is 8.96. The molecule has 0 saturated carbocycles. The number of halogens is 3. The molecule has 0 aromatic heterocycles. The molecule has 2 amide bonds. The highest BCUT2D eigenvalue weighted by molar-refractivity contribution is 7.89. The van der Waals surface area contributed by atoms with Gasteiger partial charge in [-0.25, -0.2) is 22.0 Å². The first-order chi connectivity index (χ1) is 24.4. The van der Waals surface area contributed by atoms with Crippen molar-refractivity contribution in [1.82, 2.24) is 14.9 Å². The van der Waals surface area contributed by atoms with Gasteiger partial charge in [0.25, 0.3) is 0 Å². The molecule has 1 fully saturated rings. The fraction of sp³-hybridized carbons (Fsp3) is 0.297. The van der Waals surface area contributed by atoms with E-state index in [1.807, 2.05) is 0 Å². The first-order valence-corrected chi connectivity index (χ1v) is 18.1. The summed E-state index contributed by atoms with van der Waals surface area (Å²) in [6, 6.07) is 20.3. The average Bonchev–Trinajstić information content (AvgIpc) is 3.11. The lowest BCUT2D eigenvalue weighted by molar-refractivity contribution is -0.118. The number of anilines is 1. The number of carbonyl (C=O) groups excluding carboxylic acids is 2. The third-order valence-corrected chi connectivity index (χ3v) is 11.2. The van der Waals surface area contributed by atoms with Crippen LogP contribution in [0.15, 0.2) is 95.9 Å². The van der Waals surface area contributed by atoms with Crippen molar-refractivity contribution in [3.63, 3.8) is 0 Å². The molecule has 5 rings (SSSR count). The van der Waals surface area contributed by atoms with Gasteiger partial charge in [-0.15, -0.1) is 0 Å². The topological polar surface area (TPSA) is 126 Å². The Balaban J connectivity index is 1.45. The smallest absolute Gasteiger partial charge is 0.407 e. The summed E-state index contributed by atoms with van der Waals surface area (Å²) in [6.45, 7) is 2.56. The largest absolute Gasteiger partial charge is 0.497 e. The number of hydrogen-bond donors (Lipinski definition) is 3. The van der Waals surface area contributed by atoms with Gasteiger partial charge in [0, 0.05) is 47.4 Å². The van der Waals surface area contributed by atoms with Crippen LogP contribution in [0.25, 0.3) is 0 Å². The minimum atomic E-state index is -3.94. The lowest BCUT2D eigenvalue weighted by atomic mass is 9.84. The lowest BCUT2D eigenvalue weighted by Crippen LogP contribution is -2.58. The number of sulfonamides is 1. The van der Waals surface area contributed by atoms with Crippen molar-refractivity contribution < 1.29 is 36.3 Å². The fourth-order valence-electron chi connectivity index (χ4n) is 6.45. The molecule has 1 aliphatic rings. The Bertz CT molecular complexity index is 1920. The van der Waals surface area contributed by atoms with E-state index < -0.39 is 57.7 Å². The zero-order valence-electron chi connectivity index (χ0n) is 28.2. The van der Waals surface area contributed by atoms with Crippen LogP contribution in [0.4, 0.5) is 19.3 Å². The van der Waals surface area contributed by atoms with Gasteiger partial charge in [0.1, 0.15) is 23.4 Å². The number of methoxy groups -OCH3 is 2. The summed E-state index contributed by atoms with van der Waals surface area (Å²) in [4.78, 5) is 26.9. The van der Waals surface area contributed by atoms with Gasteiger partial charge in [0.15, 0.2) is 0 Å². The minimum Gasteiger partial charge on any atom is -0.497 e. The molecule has 1 heterocycles. The summed E-state index contributed by atoms with van der Waals surface area (Å²) in [6.07, 6.45) is -0.642. The maximum Gasteiger partial charge on any atom is 0.407 e. The van der Waals surface area contributed by atoms with Crippen LogP contribution in [0.5, 0.6) is 5.75 Å². The Morgan fingerprint density at radius 2 is 1.65 bits per heavy atom. The highest BCUT2D eigenvalue weighted by Crippen LogP contribution is 2.33. The van der Waals surface area contributed by atoms with E-state index in [2.05, 4.69) is 16.0 Å². The van der Waals surface area contributed by atoms with Gasteiger partial charge in [0.2, 0.25) is 15.9 Å². The van der Waals surface area contributed by atoms with Gasteiger partial charge in [-0.05, 0) is 91.6 Å². The zero-order chi connectivity index (χ0) is 36.7. The fourth-order valence-corrected chi connectivity index (χ4v) is 8.49. The second-order valence-electron chi connectivity index (χ2n) is 12.2. The molecular formula is C37H39ClF2N4O6S.